The van der Waals surface area contributed by atoms with Gasteiger partial charge in [-0.05, 0) is 69.1 Å². The molecule has 11 rings (SSSR count). The molecule has 0 amide bonds. The molecule has 11 aromatic rings. The van der Waals surface area contributed by atoms with Crippen LogP contribution in [0.4, 0.5) is 0 Å². The monoisotopic (exact) mass is 681 g/mol. The molecule has 3 heterocycles. The van der Waals surface area contributed by atoms with Crippen LogP contribution < -0.4 is 0 Å². The predicted octanol–water partition coefficient (Wildman–Crippen LogP) is 13.1. The van der Waals surface area contributed by atoms with E-state index in [1.54, 1.807) is 11.3 Å². The highest BCUT2D eigenvalue weighted by Gasteiger charge is 2.20. The smallest absolute Gasteiger partial charge is 0.164 e. The first kappa shape index (κ1) is 29.1. The van der Waals surface area contributed by atoms with E-state index in [2.05, 4.69) is 146 Å². The van der Waals surface area contributed by atoms with Crippen LogP contribution in [0.25, 0.3) is 109 Å². The molecule has 0 unspecified atom stereocenters. The van der Waals surface area contributed by atoms with E-state index in [1.807, 2.05) is 18.2 Å². The van der Waals surface area contributed by atoms with Gasteiger partial charge in [0.15, 0.2) is 17.5 Å². The maximum absolute atomic E-state index is 6.28. The lowest BCUT2D eigenvalue weighted by Crippen LogP contribution is -2.01. The van der Waals surface area contributed by atoms with Gasteiger partial charge in [-0.15, -0.1) is 11.3 Å². The Bertz CT molecular complexity index is 3210. The Balaban J connectivity index is 1.17. The van der Waals surface area contributed by atoms with Gasteiger partial charge < -0.3 is 4.42 Å². The molecule has 0 radical (unpaired) electrons. The lowest BCUT2D eigenvalue weighted by atomic mass is 9.92. The third-order valence-electron chi connectivity index (χ3n) is 10.1. The molecule has 4 nitrogen and oxygen atoms in total. The van der Waals surface area contributed by atoms with Gasteiger partial charge >= 0.3 is 0 Å². The minimum absolute atomic E-state index is 0.638. The predicted molar refractivity (Wildman–Crippen MR) is 217 cm³/mol. The summed E-state index contributed by atoms with van der Waals surface area (Å²) in [4.78, 5) is 15.8. The van der Waals surface area contributed by atoms with Gasteiger partial charge in [-0.25, -0.2) is 15.0 Å². The number of aromatic nitrogens is 3. The zero-order valence-corrected chi connectivity index (χ0v) is 28.6. The standard InChI is InChI=1S/C47H27N3OS/c1-2-12-29-27-30(24-23-28(29)11-1)45-48-46(50-47(49-45)38-18-10-22-42-44(38)37-16-6-8-21-41(37)52-42)35-26-25-33(31-13-3-4-14-32(31)35)34-17-9-20-40-43(34)36-15-5-7-19-39(36)51-40/h1-27H. The summed E-state index contributed by atoms with van der Waals surface area (Å²) in [6.45, 7) is 0. The van der Waals surface area contributed by atoms with Gasteiger partial charge in [-0.3, -0.25) is 0 Å². The van der Waals surface area contributed by atoms with Crippen molar-refractivity contribution in [3.63, 3.8) is 0 Å². The molecule has 0 bridgehead atoms. The summed E-state index contributed by atoms with van der Waals surface area (Å²) < 4.78 is 8.74. The van der Waals surface area contributed by atoms with Crippen molar-refractivity contribution in [2.75, 3.05) is 0 Å². The third-order valence-corrected chi connectivity index (χ3v) is 11.3. The van der Waals surface area contributed by atoms with Gasteiger partial charge in [0.25, 0.3) is 0 Å². The number of furan rings is 1. The zero-order chi connectivity index (χ0) is 34.2. The summed E-state index contributed by atoms with van der Waals surface area (Å²) in [6, 6.07) is 57.4. The van der Waals surface area contributed by atoms with Gasteiger partial charge in [0.05, 0.1) is 0 Å². The quantitative estimate of drug-likeness (QED) is 0.185. The second kappa shape index (κ2) is 11.4. The number of hydrogen-bond donors (Lipinski definition) is 0. The summed E-state index contributed by atoms with van der Waals surface area (Å²) in [5.41, 5.74) is 6.94. The summed E-state index contributed by atoms with van der Waals surface area (Å²) >= 11 is 1.80. The van der Waals surface area contributed by atoms with Crippen molar-refractivity contribution in [3.05, 3.63) is 164 Å². The lowest BCUT2D eigenvalue weighted by Gasteiger charge is -2.14. The van der Waals surface area contributed by atoms with Crippen molar-refractivity contribution in [2.24, 2.45) is 0 Å². The average Bonchev–Trinajstić information content (AvgIpc) is 3.79. The van der Waals surface area contributed by atoms with Crippen LogP contribution in [-0.4, -0.2) is 15.0 Å². The number of nitrogens with zero attached hydrogens (tertiary/aromatic N) is 3. The van der Waals surface area contributed by atoms with Crippen LogP contribution in [0.1, 0.15) is 0 Å². The summed E-state index contributed by atoms with van der Waals surface area (Å²) in [5, 5.41) is 9.13. The van der Waals surface area contributed by atoms with Gasteiger partial charge in [0.2, 0.25) is 0 Å². The first-order chi connectivity index (χ1) is 25.8. The molecule has 3 aromatic heterocycles. The average molecular weight is 682 g/mol. The SMILES string of the molecule is c1ccc2cc(-c3nc(-c4ccc(-c5cccc6oc7ccccc7c56)c5ccccc45)nc(-c4cccc5sc6ccccc6c45)n3)ccc2c1. The van der Waals surface area contributed by atoms with Crippen LogP contribution >= 0.6 is 11.3 Å². The second-order valence-electron chi connectivity index (χ2n) is 13.1. The molecule has 0 aliphatic heterocycles. The van der Waals surface area contributed by atoms with Crippen LogP contribution in [0.2, 0.25) is 0 Å². The highest BCUT2D eigenvalue weighted by atomic mass is 32.1. The number of para-hydroxylation sites is 1. The molecule has 52 heavy (non-hydrogen) atoms. The van der Waals surface area contributed by atoms with Gasteiger partial charge in [-0.1, -0.05) is 127 Å². The topological polar surface area (TPSA) is 51.8 Å². The summed E-state index contributed by atoms with van der Waals surface area (Å²) in [6.07, 6.45) is 0. The number of hydrogen-bond acceptors (Lipinski definition) is 5. The van der Waals surface area contributed by atoms with Gasteiger partial charge in [0.1, 0.15) is 11.2 Å². The highest BCUT2D eigenvalue weighted by Crippen LogP contribution is 2.43. The number of benzene rings is 8. The molecular weight excluding hydrogens is 655 g/mol. The van der Waals surface area contributed by atoms with E-state index in [1.165, 1.54) is 25.6 Å². The van der Waals surface area contributed by atoms with E-state index in [0.717, 1.165) is 65.9 Å². The molecule has 0 saturated carbocycles. The van der Waals surface area contributed by atoms with E-state index >= 15 is 0 Å². The summed E-state index contributed by atoms with van der Waals surface area (Å²) in [7, 11) is 0. The Morgan fingerprint density at radius 1 is 0.365 bits per heavy atom. The van der Waals surface area contributed by atoms with Crippen molar-refractivity contribution in [1.29, 1.82) is 0 Å². The van der Waals surface area contributed by atoms with E-state index in [-0.39, 0.29) is 0 Å². The van der Waals surface area contributed by atoms with Crippen molar-refractivity contribution >= 4 is 75.0 Å². The molecule has 0 fully saturated rings. The maximum Gasteiger partial charge on any atom is 0.164 e. The normalized spacial score (nSPS) is 11.8. The van der Waals surface area contributed by atoms with Crippen LogP contribution in [-0.2, 0) is 0 Å². The number of thiophene rings is 1. The Hall–Kier alpha value is -6.69. The number of rotatable bonds is 4. The molecule has 242 valence electrons. The molecule has 0 aliphatic rings. The van der Waals surface area contributed by atoms with Crippen LogP contribution in [0, 0.1) is 0 Å². The minimum atomic E-state index is 0.638. The van der Waals surface area contributed by atoms with Crippen molar-refractivity contribution in [3.8, 4) is 45.3 Å². The van der Waals surface area contributed by atoms with E-state index in [4.69, 9.17) is 19.4 Å². The molecular formula is C47H27N3OS. The largest absolute Gasteiger partial charge is 0.456 e. The zero-order valence-electron chi connectivity index (χ0n) is 27.7. The molecule has 0 spiro atoms. The lowest BCUT2D eigenvalue weighted by molar-refractivity contribution is 0.669. The van der Waals surface area contributed by atoms with Crippen molar-refractivity contribution in [1.82, 2.24) is 15.0 Å². The molecule has 0 saturated heterocycles. The Kier molecular flexibility index (Phi) is 6.39. The second-order valence-corrected chi connectivity index (χ2v) is 14.2. The fourth-order valence-corrected chi connectivity index (χ4v) is 8.90. The molecule has 0 aliphatic carbocycles. The molecule has 0 N–H and O–H groups in total. The van der Waals surface area contributed by atoms with E-state index in [9.17, 15) is 0 Å². The minimum Gasteiger partial charge on any atom is -0.456 e. The van der Waals surface area contributed by atoms with Gasteiger partial charge in [0, 0.05) is 47.6 Å². The molecule has 8 aromatic carbocycles. The van der Waals surface area contributed by atoms with Crippen LogP contribution in [0.3, 0.4) is 0 Å². The fraction of sp³-hybridized carbons (Fsp3) is 0. The first-order valence-electron chi connectivity index (χ1n) is 17.4. The Labute approximate surface area is 302 Å². The summed E-state index contributed by atoms with van der Waals surface area (Å²) in [5.74, 6) is 1.94. The third kappa shape index (κ3) is 4.50. The van der Waals surface area contributed by atoms with Crippen LogP contribution in [0.5, 0.6) is 0 Å². The van der Waals surface area contributed by atoms with Crippen molar-refractivity contribution in [2.45, 2.75) is 0 Å². The molecule has 5 heteroatoms. The van der Waals surface area contributed by atoms with E-state index < -0.39 is 0 Å². The van der Waals surface area contributed by atoms with E-state index in [0.29, 0.717) is 17.5 Å². The van der Waals surface area contributed by atoms with Crippen LogP contribution in [0.15, 0.2) is 168 Å². The number of fused-ring (bicyclic) bond motifs is 8. The first-order valence-corrected chi connectivity index (χ1v) is 18.2. The fourth-order valence-electron chi connectivity index (χ4n) is 7.76. The highest BCUT2D eigenvalue weighted by molar-refractivity contribution is 7.25. The van der Waals surface area contributed by atoms with Gasteiger partial charge in [-0.2, -0.15) is 0 Å². The molecule has 0 atom stereocenters. The maximum atomic E-state index is 6.28. The van der Waals surface area contributed by atoms with Crippen molar-refractivity contribution < 1.29 is 4.42 Å². The Morgan fingerprint density at radius 2 is 0.981 bits per heavy atom. The Morgan fingerprint density at radius 3 is 1.87 bits per heavy atom.